The number of nitrogens with zero attached hydrogens (tertiary/aromatic N) is 1. The zero-order chi connectivity index (χ0) is 16.0. The second-order valence-corrected chi connectivity index (χ2v) is 4.24. The fraction of sp³-hybridized carbons (Fsp3) is 0.385. The van der Waals surface area contributed by atoms with Crippen molar-refractivity contribution in [3.63, 3.8) is 0 Å². The monoisotopic (exact) mass is 297 g/mol. The summed E-state index contributed by atoms with van der Waals surface area (Å²) in [6.45, 7) is 2.88. The van der Waals surface area contributed by atoms with Crippen LogP contribution < -0.4 is 10.5 Å². The van der Waals surface area contributed by atoms with E-state index in [-0.39, 0.29) is 23.1 Å². The van der Waals surface area contributed by atoms with Crippen molar-refractivity contribution in [1.29, 1.82) is 0 Å². The SMILES string of the molecule is CCOC(=O)[C@H](NC(C)=O)[C@H](O)c1cccc(N([O-])O)c1. The summed E-state index contributed by atoms with van der Waals surface area (Å²) in [5.74, 6) is -1.32. The first-order chi connectivity index (χ1) is 9.86. The first kappa shape index (κ1) is 16.9. The molecular weight excluding hydrogens is 280 g/mol. The van der Waals surface area contributed by atoms with Crippen molar-refractivity contribution in [1.82, 2.24) is 5.32 Å². The van der Waals surface area contributed by atoms with E-state index in [0.717, 1.165) is 0 Å². The fourth-order valence-electron chi connectivity index (χ4n) is 1.74. The van der Waals surface area contributed by atoms with E-state index in [0.29, 0.717) is 0 Å². The molecule has 1 aromatic rings. The van der Waals surface area contributed by atoms with Gasteiger partial charge >= 0.3 is 5.97 Å². The lowest BCUT2D eigenvalue weighted by molar-refractivity contribution is -0.150. The summed E-state index contributed by atoms with van der Waals surface area (Å²) in [4.78, 5) is 22.9. The molecule has 0 saturated carbocycles. The number of amides is 1. The van der Waals surface area contributed by atoms with Gasteiger partial charge in [-0.2, -0.15) is 0 Å². The van der Waals surface area contributed by atoms with Gasteiger partial charge in [0.2, 0.25) is 5.91 Å². The average molecular weight is 297 g/mol. The quantitative estimate of drug-likeness (QED) is 0.515. The highest BCUT2D eigenvalue weighted by molar-refractivity contribution is 5.84. The number of aliphatic hydroxyl groups is 1. The Labute approximate surface area is 121 Å². The number of benzene rings is 1. The number of nitrogens with one attached hydrogen (secondary N) is 1. The normalized spacial score (nSPS) is 13.2. The highest BCUT2D eigenvalue weighted by atomic mass is 16.8. The van der Waals surface area contributed by atoms with Crippen LogP contribution in [0.3, 0.4) is 0 Å². The highest BCUT2D eigenvalue weighted by Gasteiger charge is 2.30. The van der Waals surface area contributed by atoms with Crippen LogP contribution in [0.15, 0.2) is 24.3 Å². The zero-order valence-corrected chi connectivity index (χ0v) is 11.6. The molecule has 0 unspecified atom stereocenters. The van der Waals surface area contributed by atoms with Crippen LogP contribution in [-0.2, 0) is 14.3 Å². The minimum absolute atomic E-state index is 0.0899. The minimum atomic E-state index is -1.42. The molecule has 0 radical (unpaired) electrons. The van der Waals surface area contributed by atoms with Gasteiger partial charge in [0.05, 0.1) is 12.3 Å². The molecule has 0 aliphatic carbocycles. The van der Waals surface area contributed by atoms with Crippen molar-refractivity contribution < 1.29 is 24.6 Å². The summed E-state index contributed by atoms with van der Waals surface area (Å²) < 4.78 is 4.79. The van der Waals surface area contributed by atoms with Gasteiger partial charge in [-0.3, -0.25) is 10.0 Å². The summed E-state index contributed by atoms with van der Waals surface area (Å²) in [6.07, 6.45) is -1.42. The molecule has 0 aliphatic heterocycles. The molecule has 1 amide bonds. The zero-order valence-electron chi connectivity index (χ0n) is 11.6. The molecule has 116 valence electrons. The van der Waals surface area contributed by atoms with E-state index in [2.05, 4.69) is 5.32 Å². The minimum Gasteiger partial charge on any atom is -0.733 e. The second-order valence-electron chi connectivity index (χ2n) is 4.24. The molecule has 1 aromatic carbocycles. The Bertz CT molecular complexity index is 505. The molecule has 0 aliphatic rings. The Morgan fingerprint density at radius 3 is 2.67 bits per heavy atom. The number of carbonyl (C=O) groups excluding carboxylic acids is 2. The smallest absolute Gasteiger partial charge is 0.331 e. The number of anilines is 1. The number of ether oxygens (including phenoxy) is 1. The fourth-order valence-corrected chi connectivity index (χ4v) is 1.74. The first-order valence-corrected chi connectivity index (χ1v) is 6.24. The molecule has 0 aromatic heterocycles. The predicted molar refractivity (Wildman–Crippen MR) is 73.3 cm³/mol. The maximum Gasteiger partial charge on any atom is 0.331 e. The van der Waals surface area contributed by atoms with Gasteiger partial charge in [-0.25, -0.2) is 4.79 Å². The van der Waals surface area contributed by atoms with E-state index in [4.69, 9.17) is 9.94 Å². The molecular formula is C13H17N2O6-. The average Bonchev–Trinajstić information content (AvgIpc) is 2.44. The van der Waals surface area contributed by atoms with Crippen LogP contribution in [0.2, 0.25) is 0 Å². The van der Waals surface area contributed by atoms with E-state index in [1.807, 2.05) is 0 Å². The molecule has 0 bridgehead atoms. The van der Waals surface area contributed by atoms with E-state index in [9.17, 15) is 19.9 Å². The van der Waals surface area contributed by atoms with Crippen LogP contribution in [-0.4, -0.2) is 34.8 Å². The van der Waals surface area contributed by atoms with Crippen molar-refractivity contribution in [2.75, 3.05) is 11.8 Å². The third-order valence-electron chi connectivity index (χ3n) is 2.65. The third kappa shape index (κ3) is 4.71. The van der Waals surface area contributed by atoms with Crippen molar-refractivity contribution >= 4 is 17.6 Å². The lowest BCUT2D eigenvalue weighted by atomic mass is 10.0. The third-order valence-corrected chi connectivity index (χ3v) is 2.65. The van der Waals surface area contributed by atoms with Crippen LogP contribution >= 0.6 is 0 Å². The Morgan fingerprint density at radius 1 is 1.48 bits per heavy atom. The molecule has 0 saturated heterocycles. The number of hydrogen-bond donors (Lipinski definition) is 3. The van der Waals surface area contributed by atoms with E-state index < -0.39 is 24.0 Å². The summed E-state index contributed by atoms with van der Waals surface area (Å²) in [5.41, 5.74) is 0.0613. The highest BCUT2D eigenvalue weighted by Crippen LogP contribution is 2.22. The number of esters is 1. The molecule has 21 heavy (non-hydrogen) atoms. The van der Waals surface area contributed by atoms with Crippen molar-refractivity contribution in [2.24, 2.45) is 0 Å². The molecule has 0 fully saturated rings. The molecule has 2 atom stereocenters. The summed E-state index contributed by atoms with van der Waals surface area (Å²) in [5, 5.41) is 31.8. The number of rotatable bonds is 6. The van der Waals surface area contributed by atoms with Gasteiger partial charge in [-0.15, -0.1) is 0 Å². The summed E-state index contributed by atoms with van der Waals surface area (Å²) in [6, 6.07) is 4.08. The van der Waals surface area contributed by atoms with Crippen LogP contribution in [0.1, 0.15) is 25.5 Å². The van der Waals surface area contributed by atoms with Gasteiger partial charge in [0.25, 0.3) is 0 Å². The molecule has 8 heteroatoms. The van der Waals surface area contributed by atoms with E-state index >= 15 is 0 Å². The lowest BCUT2D eigenvalue weighted by Gasteiger charge is -2.25. The van der Waals surface area contributed by atoms with Crippen molar-refractivity contribution in [3.8, 4) is 0 Å². The Balaban J connectivity index is 3.03. The van der Waals surface area contributed by atoms with Gasteiger partial charge in [-0.1, -0.05) is 12.1 Å². The van der Waals surface area contributed by atoms with Gasteiger partial charge in [0.1, 0.15) is 6.10 Å². The Hall–Kier alpha value is -2.16. The van der Waals surface area contributed by atoms with Crippen LogP contribution in [0.5, 0.6) is 0 Å². The molecule has 0 spiro atoms. The molecule has 3 N–H and O–H groups in total. The summed E-state index contributed by atoms with van der Waals surface area (Å²) >= 11 is 0. The molecule has 1 rings (SSSR count). The standard InChI is InChI=1S/C13H17N2O6/c1-3-21-13(18)11(14-8(2)16)12(17)9-5-4-6-10(7-9)15(19)20/h4-7,11-12,17,19H,3H2,1-2H3,(H,14,16)/q-1/t11-,12-/m1/s1. The van der Waals surface area contributed by atoms with Gasteiger partial charge in [-0.05, 0) is 24.6 Å². The van der Waals surface area contributed by atoms with Crippen molar-refractivity contribution in [3.05, 3.63) is 35.0 Å². The topological polar surface area (TPSA) is 122 Å². The maximum absolute atomic E-state index is 11.8. The van der Waals surface area contributed by atoms with Crippen molar-refractivity contribution in [2.45, 2.75) is 26.0 Å². The van der Waals surface area contributed by atoms with E-state index in [1.54, 1.807) is 6.92 Å². The van der Waals surface area contributed by atoms with Gasteiger partial charge in [0, 0.05) is 6.92 Å². The van der Waals surface area contributed by atoms with Gasteiger partial charge in [0.15, 0.2) is 6.04 Å². The largest absolute Gasteiger partial charge is 0.733 e. The lowest BCUT2D eigenvalue weighted by Crippen LogP contribution is -2.45. The van der Waals surface area contributed by atoms with Crippen LogP contribution in [0.4, 0.5) is 5.69 Å². The number of hydrogen-bond acceptors (Lipinski definition) is 7. The Kier molecular flexibility index (Phi) is 6.10. The molecule has 0 heterocycles. The van der Waals surface area contributed by atoms with Crippen LogP contribution in [0, 0.1) is 5.21 Å². The first-order valence-electron chi connectivity index (χ1n) is 6.24. The number of carbonyl (C=O) groups is 2. The number of aliphatic hydroxyl groups excluding tert-OH is 1. The Morgan fingerprint density at radius 2 is 2.14 bits per heavy atom. The molecule has 8 nitrogen and oxygen atoms in total. The second kappa shape index (κ2) is 7.58. The van der Waals surface area contributed by atoms with Crippen LogP contribution in [0.25, 0.3) is 0 Å². The maximum atomic E-state index is 11.8. The predicted octanol–water partition coefficient (Wildman–Crippen LogP) is 0.481. The summed E-state index contributed by atoms with van der Waals surface area (Å²) in [7, 11) is 0. The van der Waals surface area contributed by atoms with E-state index in [1.165, 1.54) is 31.2 Å². The van der Waals surface area contributed by atoms with Gasteiger partial charge < -0.3 is 25.6 Å².